The van der Waals surface area contributed by atoms with Crippen molar-refractivity contribution in [1.82, 2.24) is 14.7 Å². The van der Waals surface area contributed by atoms with E-state index < -0.39 is 12.7 Å². The maximum Gasteiger partial charge on any atom is 0.405 e. The minimum absolute atomic E-state index is 0.381. The molecule has 7 heteroatoms. The molecule has 0 atom stereocenters. The largest absolute Gasteiger partial charge is 0.405 e. The van der Waals surface area contributed by atoms with Crippen LogP contribution in [0.2, 0.25) is 0 Å². The van der Waals surface area contributed by atoms with Gasteiger partial charge in [0.2, 0.25) is 0 Å². The van der Waals surface area contributed by atoms with Crippen molar-refractivity contribution in [2.45, 2.75) is 31.6 Å². The predicted molar refractivity (Wildman–Crippen MR) is 74.4 cm³/mol. The standard InChI is InChI=1S/C14H17F3N4/c1-20(9-14(15,16)17)13-11(8-18-10-5-6-10)21-7-3-2-4-12(21)19-13/h2-4,7,10,18H,5-6,8-9H2,1H3. The highest BCUT2D eigenvalue weighted by atomic mass is 19.4. The molecule has 114 valence electrons. The summed E-state index contributed by atoms with van der Waals surface area (Å²) < 4.78 is 39.7. The molecular weight excluding hydrogens is 281 g/mol. The fourth-order valence-electron chi connectivity index (χ4n) is 2.38. The molecule has 1 saturated carbocycles. The minimum atomic E-state index is -4.24. The van der Waals surface area contributed by atoms with Crippen LogP contribution in [0.15, 0.2) is 24.4 Å². The second-order valence-corrected chi connectivity index (χ2v) is 5.44. The molecule has 0 saturated heterocycles. The van der Waals surface area contributed by atoms with Gasteiger partial charge in [0.1, 0.15) is 12.2 Å². The third-order valence-electron chi connectivity index (χ3n) is 3.52. The summed E-state index contributed by atoms with van der Waals surface area (Å²) in [6.07, 6.45) is -0.155. The summed E-state index contributed by atoms with van der Waals surface area (Å²) in [5, 5.41) is 3.34. The number of hydrogen-bond donors (Lipinski definition) is 1. The molecule has 2 aromatic heterocycles. The first-order chi connectivity index (χ1) is 9.94. The minimum Gasteiger partial charge on any atom is -0.349 e. The molecule has 0 spiro atoms. The molecule has 0 bridgehead atoms. The molecule has 3 rings (SSSR count). The van der Waals surface area contributed by atoms with Gasteiger partial charge >= 0.3 is 6.18 Å². The smallest absolute Gasteiger partial charge is 0.349 e. The summed E-state index contributed by atoms with van der Waals surface area (Å²) in [5.74, 6) is 0.381. The molecule has 0 unspecified atom stereocenters. The van der Waals surface area contributed by atoms with E-state index in [1.807, 2.05) is 22.7 Å². The molecular formula is C14H17F3N4. The zero-order chi connectivity index (χ0) is 15.0. The monoisotopic (exact) mass is 298 g/mol. The Morgan fingerprint density at radius 2 is 2.14 bits per heavy atom. The quantitative estimate of drug-likeness (QED) is 0.921. The van der Waals surface area contributed by atoms with Crippen LogP contribution in [0.25, 0.3) is 5.65 Å². The highest BCUT2D eigenvalue weighted by Gasteiger charge is 2.31. The second kappa shape index (κ2) is 5.22. The van der Waals surface area contributed by atoms with Gasteiger partial charge in [0.05, 0.1) is 5.69 Å². The van der Waals surface area contributed by atoms with Crippen molar-refractivity contribution in [1.29, 1.82) is 0 Å². The van der Waals surface area contributed by atoms with Gasteiger partial charge < -0.3 is 14.6 Å². The van der Waals surface area contributed by atoms with E-state index in [2.05, 4.69) is 10.3 Å². The zero-order valence-corrected chi connectivity index (χ0v) is 11.7. The maximum atomic E-state index is 12.6. The molecule has 2 aromatic rings. The highest BCUT2D eigenvalue weighted by Crippen LogP contribution is 2.26. The van der Waals surface area contributed by atoms with Crippen LogP contribution >= 0.6 is 0 Å². The molecule has 0 amide bonds. The van der Waals surface area contributed by atoms with E-state index in [0.717, 1.165) is 23.4 Å². The van der Waals surface area contributed by atoms with Crippen LogP contribution in [0.3, 0.4) is 0 Å². The van der Waals surface area contributed by atoms with Crippen LogP contribution in [0, 0.1) is 0 Å². The molecule has 2 heterocycles. The molecule has 1 aliphatic carbocycles. The van der Waals surface area contributed by atoms with Gasteiger partial charge in [-0.25, -0.2) is 4.98 Å². The van der Waals surface area contributed by atoms with Crippen LogP contribution in [-0.2, 0) is 6.54 Å². The van der Waals surface area contributed by atoms with Crippen molar-refractivity contribution >= 4 is 11.5 Å². The summed E-state index contributed by atoms with van der Waals surface area (Å²) in [5.41, 5.74) is 1.43. The van der Waals surface area contributed by atoms with Crippen molar-refractivity contribution < 1.29 is 13.2 Å². The Morgan fingerprint density at radius 1 is 1.38 bits per heavy atom. The van der Waals surface area contributed by atoms with Crippen molar-refractivity contribution in [2.75, 3.05) is 18.5 Å². The SMILES string of the molecule is CN(CC(F)(F)F)c1nc2ccccn2c1CNC1CC1. The molecule has 1 N–H and O–H groups in total. The first-order valence-corrected chi connectivity index (χ1v) is 6.91. The van der Waals surface area contributed by atoms with Gasteiger partial charge in [0, 0.05) is 25.8 Å². The summed E-state index contributed by atoms with van der Waals surface area (Å²) in [4.78, 5) is 5.51. The van der Waals surface area contributed by atoms with Crippen LogP contribution in [0.4, 0.5) is 19.0 Å². The number of hydrogen-bond acceptors (Lipinski definition) is 3. The lowest BCUT2D eigenvalue weighted by Gasteiger charge is -2.20. The van der Waals surface area contributed by atoms with Gasteiger partial charge in [0.15, 0.2) is 5.82 Å². The lowest BCUT2D eigenvalue weighted by molar-refractivity contribution is -0.119. The number of rotatable bonds is 5. The Balaban J connectivity index is 1.92. The van der Waals surface area contributed by atoms with Crippen molar-refractivity contribution in [2.24, 2.45) is 0 Å². The van der Waals surface area contributed by atoms with Crippen LogP contribution in [0.1, 0.15) is 18.5 Å². The zero-order valence-electron chi connectivity index (χ0n) is 11.7. The number of nitrogens with one attached hydrogen (secondary N) is 1. The fraction of sp³-hybridized carbons (Fsp3) is 0.500. The number of nitrogens with zero attached hydrogens (tertiary/aromatic N) is 3. The lowest BCUT2D eigenvalue weighted by Crippen LogP contribution is -2.32. The van der Waals surface area contributed by atoms with Crippen LogP contribution < -0.4 is 10.2 Å². The van der Waals surface area contributed by atoms with Gasteiger partial charge in [-0.3, -0.25) is 0 Å². The van der Waals surface area contributed by atoms with E-state index >= 15 is 0 Å². The lowest BCUT2D eigenvalue weighted by atomic mass is 10.3. The molecule has 21 heavy (non-hydrogen) atoms. The molecule has 0 aromatic carbocycles. The predicted octanol–water partition coefficient (Wildman–Crippen LogP) is 2.58. The van der Waals surface area contributed by atoms with Crippen molar-refractivity contribution in [3.05, 3.63) is 30.1 Å². The Kier molecular flexibility index (Phi) is 3.52. The van der Waals surface area contributed by atoms with E-state index in [9.17, 15) is 13.2 Å². The molecule has 0 aliphatic heterocycles. The topological polar surface area (TPSA) is 32.6 Å². The number of halogens is 3. The van der Waals surface area contributed by atoms with Crippen LogP contribution in [-0.4, -0.2) is 35.2 Å². The average Bonchev–Trinajstić information content (AvgIpc) is 3.14. The van der Waals surface area contributed by atoms with E-state index in [1.165, 1.54) is 7.05 Å². The third kappa shape index (κ3) is 3.29. The average molecular weight is 298 g/mol. The fourth-order valence-corrected chi connectivity index (χ4v) is 2.38. The Morgan fingerprint density at radius 3 is 2.81 bits per heavy atom. The van der Waals surface area contributed by atoms with Gasteiger partial charge in [-0.2, -0.15) is 13.2 Å². The van der Waals surface area contributed by atoms with E-state index in [1.54, 1.807) is 6.07 Å². The van der Waals surface area contributed by atoms with Crippen LogP contribution in [0.5, 0.6) is 0 Å². The maximum absolute atomic E-state index is 12.6. The van der Waals surface area contributed by atoms with Crippen molar-refractivity contribution in [3.63, 3.8) is 0 Å². The summed E-state index contributed by atoms with van der Waals surface area (Å²) in [7, 11) is 1.43. The Labute approximate surface area is 120 Å². The van der Waals surface area contributed by atoms with Crippen molar-refractivity contribution in [3.8, 4) is 0 Å². The van der Waals surface area contributed by atoms with E-state index in [-0.39, 0.29) is 0 Å². The van der Waals surface area contributed by atoms with Gasteiger partial charge in [-0.15, -0.1) is 0 Å². The van der Waals surface area contributed by atoms with E-state index in [0.29, 0.717) is 24.1 Å². The number of pyridine rings is 1. The van der Waals surface area contributed by atoms with E-state index in [4.69, 9.17) is 0 Å². The molecule has 0 radical (unpaired) electrons. The van der Waals surface area contributed by atoms with Gasteiger partial charge in [-0.1, -0.05) is 6.07 Å². The first kappa shape index (κ1) is 14.2. The number of anilines is 1. The normalized spacial score (nSPS) is 15.6. The number of aromatic nitrogens is 2. The van der Waals surface area contributed by atoms with Gasteiger partial charge in [0.25, 0.3) is 0 Å². The summed E-state index contributed by atoms with van der Waals surface area (Å²) in [6, 6.07) is 5.96. The Bertz CT molecular complexity index is 631. The number of imidazole rings is 1. The number of alkyl halides is 3. The highest BCUT2D eigenvalue weighted by molar-refractivity contribution is 5.55. The molecule has 4 nitrogen and oxygen atoms in total. The van der Waals surface area contributed by atoms with Gasteiger partial charge in [-0.05, 0) is 25.0 Å². The third-order valence-corrected chi connectivity index (χ3v) is 3.52. The Hall–Kier alpha value is -1.76. The summed E-state index contributed by atoms with van der Waals surface area (Å²) >= 11 is 0. The summed E-state index contributed by atoms with van der Waals surface area (Å²) in [6.45, 7) is -0.485. The first-order valence-electron chi connectivity index (χ1n) is 6.91. The second-order valence-electron chi connectivity index (χ2n) is 5.44. The number of fused-ring (bicyclic) bond motifs is 1. The molecule has 1 aliphatic rings. The molecule has 1 fully saturated rings.